The molecular weight excluding hydrogens is 331 g/mol. The Morgan fingerprint density at radius 2 is 1.92 bits per heavy atom. The summed E-state index contributed by atoms with van der Waals surface area (Å²) in [6.07, 6.45) is 7.49. The standard InChI is InChI=1S/C20H33FN4O/c1-2-3-4-5-6-7-10-23-20(22)24-16-17-8-9-19(18(21)15-17)25-11-13-26-14-12-25/h8-9,15H,2-7,10-14,16H2,1H3,(H3,22,23,24). The van der Waals surface area contributed by atoms with Crippen LogP contribution in [0.15, 0.2) is 23.2 Å². The van der Waals surface area contributed by atoms with E-state index in [9.17, 15) is 4.39 Å². The van der Waals surface area contributed by atoms with Gasteiger partial charge in [-0.1, -0.05) is 45.1 Å². The third-order valence-electron chi connectivity index (χ3n) is 4.63. The zero-order valence-corrected chi connectivity index (χ0v) is 16.0. The van der Waals surface area contributed by atoms with Crippen LogP contribution in [-0.4, -0.2) is 38.8 Å². The number of nitrogens with two attached hydrogens (primary N) is 1. The summed E-state index contributed by atoms with van der Waals surface area (Å²) in [6, 6.07) is 5.29. The van der Waals surface area contributed by atoms with Crippen LogP contribution in [0, 0.1) is 5.82 Å². The van der Waals surface area contributed by atoms with Crippen LogP contribution in [0.2, 0.25) is 0 Å². The number of anilines is 1. The van der Waals surface area contributed by atoms with E-state index in [0.29, 0.717) is 31.4 Å². The van der Waals surface area contributed by atoms with E-state index in [2.05, 4.69) is 17.2 Å². The van der Waals surface area contributed by atoms with Gasteiger partial charge in [0, 0.05) is 19.6 Å². The molecule has 5 nitrogen and oxygen atoms in total. The summed E-state index contributed by atoms with van der Waals surface area (Å²) >= 11 is 0. The zero-order valence-electron chi connectivity index (χ0n) is 16.0. The van der Waals surface area contributed by atoms with Gasteiger partial charge >= 0.3 is 0 Å². The number of nitrogens with one attached hydrogen (secondary N) is 1. The van der Waals surface area contributed by atoms with E-state index in [1.165, 1.54) is 32.1 Å². The minimum atomic E-state index is -0.210. The molecule has 3 N–H and O–H groups in total. The topological polar surface area (TPSA) is 62.9 Å². The van der Waals surface area contributed by atoms with E-state index in [4.69, 9.17) is 10.5 Å². The van der Waals surface area contributed by atoms with E-state index in [-0.39, 0.29) is 5.82 Å². The zero-order chi connectivity index (χ0) is 18.6. The third-order valence-corrected chi connectivity index (χ3v) is 4.63. The van der Waals surface area contributed by atoms with Crippen molar-refractivity contribution in [3.05, 3.63) is 29.6 Å². The van der Waals surface area contributed by atoms with Crippen molar-refractivity contribution in [2.75, 3.05) is 37.7 Å². The van der Waals surface area contributed by atoms with Gasteiger partial charge in [-0.15, -0.1) is 0 Å². The van der Waals surface area contributed by atoms with Gasteiger partial charge in [0.05, 0.1) is 25.4 Å². The molecule has 0 radical (unpaired) electrons. The fourth-order valence-corrected chi connectivity index (χ4v) is 3.06. The summed E-state index contributed by atoms with van der Waals surface area (Å²) in [6.45, 7) is 6.19. The van der Waals surface area contributed by atoms with Crippen LogP contribution in [0.3, 0.4) is 0 Å². The molecule has 146 valence electrons. The van der Waals surface area contributed by atoms with Gasteiger partial charge in [-0.05, 0) is 24.1 Å². The van der Waals surface area contributed by atoms with E-state index in [1.54, 1.807) is 6.07 Å². The lowest BCUT2D eigenvalue weighted by molar-refractivity contribution is 0.122. The average molecular weight is 365 g/mol. The highest BCUT2D eigenvalue weighted by atomic mass is 19.1. The van der Waals surface area contributed by atoms with E-state index >= 15 is 0 Å². The summed E-state index contributed by atoms with van der Waals surface area (Å²) in [5, 5.41) is 3.13. The summed E-state index contributed by atoms with van der Waals surface area (Å²) < 4.78 is 19.7. The molecule has 1 fully saturated rings. The van der Waals surface area contributed by atoms with E-state index < -0.39 is 0 Å². The lowest BCUT2D eigenvalue weighted by atomic mass is 10.1. The summed E-state index contributed by atoms with van der Waals surface area (Å²) in [5.41, 5.74) is 7.35. The molecule has 0 aromatic heterocycles. The highest BCUT2D eigenvalue weighted by Crippen LogP contribution is 2.21. The third kappa shape index (κ3) is 7.20. The summed E-state index contributed by atoms with van der Waals surface area (Å²) in [5.74, 6) is 0.217. The molecule has 1 aliphatic heterocycles. The first-order valence-corrected chi connectivity index (χ1v) is 9.85. The molecule has 2 rings (SSSR count). The number of halogens is 1. The van der Waals surface area contributed by atoms with Crippen molar-refractivity contribution < 1.29 is 9.13 Å². The Morgan fingerprint density at radius 1 is 1.19 bits per heavy atom. The summed E-state index contributed by atoms with van der Waals surface area (Å²) in [4.78, 5) is 6.32. The molecule has 0 bridgehead atoms. The molecule has 0 unspecified atom stereocenters. The molecule has 0 atom stereocenters. The SMILES string of the molecule is CCCCCCCCNC(N)=NCc1ccc(N2CCOCC2)c(F)c1. The summed E-state index contributed by atoms with van der Waals surface area (Å²) in [7, 11) is 0. The number of unbranched alkanes of at least 4 members (excludes halogenated alkanes) is 5. The predicted molar refractivity (Wildman–Crippen MR) is 106 cm³/mol. The van der Waals surface area contributed by atoms with Crippen molar-refractivity contribution in [2.45, 2.75) is 52.0 Å². The van der Waals surface area contributed by atoms with Crippen LogP contribution >= 0.6 is 0 Å². The van der Waals surface area contributed by atoms with Crippen LogP contribution in [0.4, 0.5) is 10.1 Å². The lowest BCUT2D eigenvalue weighted by Gasteiger charge is -2.29. The number of hydrogen-bond donors (Lipinski definition) is 2. The van der Waals surface area contributed by atoms with Crippen LogP contribution in [0.1, 0.15) is 51.0 Å². The molecular formula is C20H33FN4O. The van der Waals surface area contributed by atoms with E-state index in [1.807, 2.05) is 17.0 Å². The second-order valence-corrected chi connectivity index (χ2v) is 6.78. The first kappa shape index (κ1) is 20.5. The Kier molecular flexibility index (Phi) is 9.24. The predicted octanol–water partition coefficient (Wildman–Crippen LogP) is 3.43. The second kappa shape index (κ2) is 11.7. The van der Waals surface area contributed by atoms with Gasteiger partial charge in [0.15, 0.2) is 5.96 Å². The van der Waals surface area contributed by atoms with Gasteiger partial charge in [-0.25, -0.2) is 9.38 Å². The fourth-order valence-electron chi connectivity index (χ4n) is 3.06. The number of aliphatic imine (C=N–C) groups is 1. The van der Waals surface area contributed by atoms with Crippen LogP contribution < -0.4 is 16.0 Å². The molecule has 1 heterocycles. The van der Waals surface area contributed by atoms with Crippen LogP contribution in [0.5, 0.6) is 0 Å². The van der Waals surface area contributed by atoms with Gasteiger partial charge in [0.25, 0.3) is 0 Å². The quantitative estimate of drug-likeness (QED) is 0.379. The Bertz CT molecular complexity index is 559. The minimum Gasteiger partial charge on any atom is -0.378 e. The molecule has 1 aromatic rings. The van der Waals surface area contributed by atoms with Gasteiger partial charge in [-0.2, -0.15) is 0 Å². The molecule has 0 saturated carbocycles. The molecule has 26 heavy (non-hydrogen) atoms. The van der Waals surface area contributed by atoms with Crippen molar-refractivity contribution >= 4 is 11.6 Å². The second-order valence-electron chi connectivity index (χ2n) is 6.78. The van der Waals surface area contributed by atoms with Crippen molar-refractivity contribution in [3.8, 4) is 0 Å². The maximum Gasteiger partial charge on any atom is 0.188 e. The molecule has 1 aliphatic rings. The molecule has 1 aromatic carbocycles. The maximum atomic E-state index is 14.4. The molecule has 0 amide bonds. The monoisotopic (exact) mass is 364 g/mol. The number of morpholine rings is 1. The largest absolute Gasteiger partial charge is 0.378 e. The van der Waals surface area contributed by atoms with Crippen LogP contribution in [0.25, 0.3) is 0 Å². The van der Waals surface area contributed by atoms with E-state index in [0.717, 1.165) is 31.6 Å². The Labute approximate surface area is 156 Å². The smallest absolute Gasteiger partial charge is 0.188 e. The lowest BCUT2D eigenvalue weighted by Crippen LogP contribution is -2.36. The van der Waals surface area contributed by atoms with Crippen molar-refractivity contribution in [2.24, 2.45) is 10.7 Å². The van der Waals surface area contributed by atoms with Crippen molar-refractivity contribution in [3.63, 3.8) is 0 Å². The number of guanidine groups is 1. The molecule has 0 spiro atoms. The fraction of sp³-hybridized carbons (Fsp3) is 0.650. The normalized spacial score (nSPS) is 15.3. The first-order chi connectivity index (χ1) is 12.7. The van der Waals surface area contributed by atoms with Gasteiger partial charge in [-0.3, -0.25) is 0 Å². The van der Waals surface area contributed by atoms with Crippen LogP contribution in [-0.2, 0) is 11.3 Å². The highest BCUT2D eigenvalue weighted by Gasteiger charge is 2.15. The Hall–Kier alpha value is -1.82. The van der Waals surface area contributed by atoms with Gasteiger partial charge in [0.2, 0.25) is 0 Å². The Morgan fingerprint density at radius 3 is 2.65 bits per heavy atom. The molecule has 1 saturated heterocycles. The molecule has 0 aliphatic carbocycles. The Balaban J connectivity index is 1.72. The first-order valence-electron chi connectivity index (χ1n) is 9.85. The van der Waals surface area contributed by atoms with Gasteiger partial charge < -0.3 is 20.7 Å². The van der Waals surface area contributed by atoms with Crippen molar-refractivity contribution in [1.82, 2.24) is 5.32 Å². The number of hydrogen-bond acceptors (Lipinski definition) is 3. The van der Waals surface area contributed by atoms with Crippen molar-refractivity contribution in [1.29, 1.82) is 0 Å². The minimum absolute atomic E-state index is 0.210. The molecule has 6 heteroatoms. The highest BCUT2D eigenvalue weighted by molar-refractivity contribution is 5.77. The number of rotatable bonds is 10. The number of ether oxygens (including phenoxy) is 1. The number of benzene rings is 1. The maximum absolute atomic E-state index is 14.4. The van der Waals surface area contributed by atoms with Gasteiger partial charge in [0.1, 0.15) is 5.82 Å². The number of nitrogens with zero attached hydrogens (tertiary/aromatic N) is 2. The average Bonchev–Trinajstić information content (AvgIpc) is 2.66.